The molecule has 1 unspecified atom stereocenters. The van der Waals surface area contributed by atoms with Crippen LogP contribution < -0.4 is 9.47 Å². The molecular formula is C20H26O3. The van der Waals surface area contributed by atoms with Crippen LogP contribution in [0.25, 0.3) is 0 Å². The van der Waals surface area contributed by atoms with Gasteiger partial charge in [0.25, 0.3) is 0 Å². The third-order valence-electron chi connectivity index (χ3n) is 4.08. The van der Waals surface area contributed by atoms with Crippen molar-refractivity contribution >= 4 is 0 Å². The Balaban J connectivity index is 2.36. The van der Waals surface area contributed by atoms with Crippen molar-refractivity contribution in [1.82, 2.24) is 0 Å². The van der Waals surface area contributed by atoms with Gasteiger partial charge in [-0.3, -0.25) is 0 Å². The van der Waals surface area contributed by atoms with Crippen LogP contribution in [0.1, 0.15) is 49.5 Å². The Hall–Kier alpha value is -2.16. The molecule has 0 radical (unpaired) electrons. The highest BCUT2D eigenvalue weighted by Gasteiger charge is 2.16. The standard InChI is InChI=1S/C20H26O3/c1-5-7-19(15-8-10-16(21)11-9-15)23-20-13-17(22-4)12-14(3)18(20)6-2/h8-13,19,21H,5-7H2,1-4H3. The number of aryl methyl sites for hydroxylation is 1. The number of phenols is 1. The molecule has 0 aliphatic heterocycles. The Morgan fingerprint density at radius 2 is 1.78 bits per heavy atom. The molecule has 0 heterocycles. The molecule has 0 bridgehead atoms. The second-order valence-electron chi connectivity index (χ2n) is 5.76. The Morgan fingerprint density at radius 1 is 1.09 bits per heavy atom. The molecule has 0 aliphatic rings. The summed E-state index contributed by atoms with van der Waals surface area (Å²) >= 11 is 0. The molecule has 0 saturated heterocycles. The van der Waals surface area contributed by atoms with Crippen LogP contribution in [0, 0.1) is 6.92 Å². The fourth-order valence-corrected chi connectivity index (χ4v) is 2.83. The fraction of sp³-hybridized carbons (Fsp3) is 0.400. The van der Waals surface area contributed by atoms with Crippen molar-refractivity contribution in [3.05, 3.63) is 53.1 Å². The smallest absolute Gasteiger partial charge is 0.127 e. The highest BCUT2D eigenvalue weighted by molar-refractivity contribution is 5.46. The molecule has 3 heteroatoms. The minimum Gasteiger partial charge on any atom is -0.508 e. The molecule has 0 aromatic heterocycles. The van der Waals surface area contributed by atoms with Crippen molar-refractivity contribution < 1.29 is 14.6 Å². The maximum atomic E-state index is 9.49. The van der Waals surface area contributed by atoms with Crippen LogP contribution >= 0.6 is 0 Å². The van der Waals surface area contributed by atoms with Gasteiger partial charge in [0.05, 0.1) is 7.11 Å². The summed E-state index contributed by atoms with van der Waals surface area (Å²) in [5, 5.41) is 9.49. The van der Waals surface area contributed by atoms with Gasteiger partial charge < -0.3 is 14.6 Å². The number of phenolic OH excluding ortho intramolecular Hbond substituents is 1. The summed E-state index contributed by atoms with van der Waals surface area (Å²) < 4.78 is 11.7. The van der Waals surface area contributed by atoms with Crippen LogP contribution in [0.3, 0.4) is 0 Å². The van der Waals surface area contributed by atoms with E-state index >= 15 is 0 Å². The summed E-state index contributed by atoms with van der Waals surface area (Å²) in [4.78, 5) is 0. The van der Waals surface area contributed by atoms with Gasteiger partial charge in [-0.25, -0.2) is 0 Å². The zero-order valence-corrected chi connectivity index (χ0v) is 14.4. The van der Waals surface area contributed by atoms with Crippen LogP contribution in [0.4, 0.5) is 0 Å². The molecule has 0 spiro atoms. The van der Waals surface area contributed by atoms with E-state index in [1.54, 1.807) is 19.2 Å². The third kappa shape index (κ3) is 4.19. The Morgan fingerprint density at radius 3 is 2.35 bits per heavy atom. The molecule has 1 N–H and O–H groups in total. The minimum absolute atomic E-state index is 0.0302. The summed E-state index contributed by atoms with van der Waals surface area (Å²) in [7, 11) is 1.67. The molecule has 0 aliphatic carbocycles. The van der Waals surface area contributed by atoms with E-state index in [9.17, 15) is 5.11 Å². The lowest BCUT2D eigenvalue weighted by Gasteiger charge is -2.22. The monoisotopic (exact) mass is 314 g/mol. The summed E-state index contributed by atoms with van der Waals surface area (Å²) in [5.74, 6) is 1.97. The van der Waals surface area contributed by atoms with Gasteiger partial charge in [0.1, 0.15) is 23.4 Å². The van der Waals surface area contributed by atoms with E-state index in [1.165, 1.54) is 11.1 Å². The van der Waals surface area contributed by atoms with Crippen LogP contribution in [0.2, 0.25) is 0 Å². The zero-order chi connectivity index (χ0) is 16.8. The van der Waals surface area contributed by atoms with Crippen molar-refractivity contribution in [3.63, 3.8) is 0 Å². The van der Waals surface area contributed by atoms with E-state index < -0.39 is 0 Å². The van der Waals surface area contributed by atoms with E-state index in [4.69, 9.17) is 9.47 Å². The average Bonchev–Trinajstić information content (AvgIpc) is 2.55. The van der Waals surface area contributed by atoms with Gasteiger partial charge in [-0.15, -0.1) is 0 Å². The SMILES string of the molecule is CCCC(Oc1cc(OC)cc(C)c1CC)c1ccc(O)cc1. The van der Waals surface area contributed by atoms with Crippen molar-refractivity contribution in [1.29, 1.82) is 0 Å². The summed E-state index contributed by atoms with van der Waals surface area (Å²) in [5.41, 5.74) is 3.47. The molecule has 0 saturated carbocycles. The first kappa shape index (κ1) is 17.2. The number of hydrogen-bond acceptors (Lipinski definition) is 3. The van der Waals surface area contributed by atoms with E-state index in [-0.39, 0.29) is 11.9 Å². The average molecular weight is 314 g/mol. The number of aromatic hydroxyl groups is 1. The highest BCUT2D eigenvalue weighted by Crippen LogP contribution is 2.34. The van der Waals surface area contributed by atoms with Gasteiger partial charge in [-0.2, -0.15) is 0 Å². The summed E-state index contributed by atoms with van der Waals surface area (Å²) in [6.07, 6.45) is 2.83. The Bertz CT molecular complexity index is 632. The number of benzene rings is 2. The number of methoxy groups -OCH3 is 1. The Labute approximate surface area is 138 Å². The van der Waals surface area contributed by atoms with Gasteiger partial charge in [-0.05, 0) is 54.7 Å². The highest BCUT2D eigenvalue weighted by atomic mass is 16.5. The van der Waals surface area contributed by atoms with Crippen LogP contribution in [-0.4, -0.2) is 12.2 Å². The third-order valence-corrected chi connectivity index (χ3v) is 4.08. The number of hydrogen-bond donors (Lipinski definition) is 1. The Kier molecular flexibility index (Phi) is 5.91. The maximum Gasteiger partial charge on any atom is 0.127 e. The van der Waals surface area contributed by atoms with E-state index in [0.29, 0.717) is 0 Å². The first-order chi connectivity index (χ1) is 11.1. The van der Waals surface area contributed by atoms with Crippen LogP contribution in [0.5, 0.6) is 17.2 Å². The molecular weight excluding hydrogens is 288 g/mol. The van der Waals surface area contributed by atoms with Gasteiger partial charge in [0, 0.05) is 6.07 Å². The molecule has 2 aromatic carbocycles. The van der Waals surface area contributed by atoms with Gasteiger partial charge in [0.15, 0.2) is 0 Å². The molecule has 3 nitrogen and oxygen atoms in total. The van der Waals surface area contributed by atoms with E-state index in [2.05, 4.69) is 20.8 Å². The topological polar surface area (TPSA) is 38.7 Å². The van der Waals surface area contributed by atoms with Gasteiger partial charge in [0.2, 0.25) is 0 Å². The first-order valence-corrected chi connectivity index (χ1v) is 8.22. The lowest BCUT2D eigenvalue weighted by atomic mass is 10.0. The molecule has 2 aromatic rings. The van der Waals surface area contributed by atoms with Gasteiger partial charge in [-0.1, -0.05) is 32.4 Å². The predicted molar refractivity (Wildman–Crippen MR) is 93.5 cm³/mol. The molecule has 0 amide bonds. The van der Waals surface area contributed by atoms with Crippen LogP contribution in [0.15, 0.2) is 36.4 Å². The maximum absolute atomic E-state index is 9.49. The molecule has 1 atom stereocenters. The molecule has 2 rings (SSSR count). The molecule has 23 heavy (non-hydrogen) atoms. The van der Waals surface area contributed by atoms with Gasteiger partial charge >= 0.3 is 0 Å². The van der Waals surface area contributed by atoms with Crippen molar-refractivity contribution in [2.24, 2.45) is 0 Å². The van der Waals surface area contributed by atoms with E-state index in [0.717, 1.165) is 36.3 Å². The van der Waals surface area contributed by atoms with E-state index in [1.807, 2.05) is 24.3 Å². The second kappa shape index (κ2) is 7.91. The molecule has 124 valence electrons. The van der Waals surface area contributed by atoms with Crippen molar-refractivity contribution in [3.8, 4) is 17.2 Å². The lowest BCUT2D eigenvalue weighted by Crippen LogP contribution is -2.09. The van der Waals surface area contributed by atoms with Crippen molar-refractivity contribution in [2.75, 3.05) is 7.11 Å². The van der Waals surface area contributed by atoms with Crippen molar-refractivity contribution in [2.45, 2.75) is 46.1 Å². The summed E-state index contributed by atoms with van der Waals surface area (Å²) in [6.45, 7) is 6.37. The van der Waals surface area contributed by atoms with Crippen LogP contribution in [-0.2, 0) is 6.42 Å². The number of rotatable bonds is 7. The summed E-state index contributed by atoms with van der Waals surface area (Å²) in [6, 6.07) is 11.3. The second-order valence-corrected chi connectivity index (χ2v) is 5.76. The first-order valence-electron chi connectivity index (χ1n) is 8.22. The lowest BCUT2D eigenvalue weighted by molar-refractivity contribution is 0.191. The number of ether oxygens (including phenoxy) is 2. The fourth-order valence-electron chi connectivity index (χ4n) is 2.83. The largest absolute Gasteiger partial charge is 0.508 e. The minimum atomic E-state index is -0.0302. The molecule has 0 fully saturated rings. The normalized spacial score (nSPS) is 12.0. The zero-order valence-electron chi connectivity index (χ0n) is 14.4. The predicted octanol–water partition coefficient (Wildman–Crippen LogP) is 5.19. The quantitative estimate of drug-likeness (QED) is 0.764.